The molecule has 1 aliphatic heterocycles. The summed E-state index contributed by atoms with van der Waals surface area (Å²) >= 11 is 0. The highest BCUT2D eigenvalue weighted by Gasteiger charge is 2.26. The van der Waals surface area contributed by atoms with Gasteiger partial charge in [-0.2, -0.15) is 0 Å². The van der Waals surface area contributed by atoms with Crippen LogP contribution in [-0.2, 0) is 13.2 Å². The Morgan fingerprint density at radius 1 is 1.06 bits per heavy atom. The van der Waals surface area contributed by atoms with Crippen molar-refractivity contribution in [1.82, 2.24) is 14.7 Å². The van der Waals surface area contributed by atoms with Crippen molar-refractivity contribution in [2.24, 2.45) is 5.92 Å². The highest BCUT2D eigenvalue weighted by Crippen LogP contribution is 2.24. The fourth-order valence-corrected chi connectivity index (χ4v) is 3.72. The molecule has 0 spiro atoms. The molecule has 2 aromatic carbocycles. The zero-order chi connectivity index (χ0) is 21.8. The molecular weight excluding hydrogens is 400 g/mol. The molecule has 7 heteroatoms. The molecule has 0 bridgehead atoms. The number of carbonyl (C=O) groups is 1. The van der Waals surface area contributed by atoms with Crippen molar-refractivity contribution < 1.29 is 18.3 Å². The van der Waals surface area contributed by atoms with Crippen LogP contribution in [-0.4, -0.2) is 33.7 Å². The van der Waals surface area contributed by atoms with Crippen LogP contribution < -0.4 is 4.74 Å². The van der Waals surface area contributed by atoms with E-state index in [1.807, 2.05) is 4.90 Å². The molecule has 1 saturated heterocycles. The van der Waals surface area contributed by atoms with Crippen LogP contribution in [0.25, 0.3) is 0 Å². The van der Waals surface area contributed by atoms with Gasteiger partial charge in [0.2, 0.25) is 5.88 Å². The van der Waals surface area contributed by atoms with E-state index in [1.54, 1.807) is 35.1 Å². The molecule has 0 saturated carbocycles. The second-order valence-electron chi connectivity index (χ2n) is 8.07. The molecule has 3 aromatic rings. The normalized spacial score (nSPS) is 14.6. The summed E-state index contributed by atoms with van der Waals surface area (Å²) in [7, 11) is 0. The Morgan fingerprint density at radius 2 is 1.71 bits per heavy atom. The smallest absolute Gasteiger partial charge is 0.260 e. The first-order valence-corrected chi connectivity index (χ1v) is 10.5. The number of nitrogens with zero attached hydrogens (tertiary/aromatic N) is 3. The second-order valence-corrected chi connectivity index (χ2v) is 8.07. The Kier molecular flexibility index (Phi) is 6.30. The van der Waals surface area contributed by atoms with E-state index >= 15 is 0 Å². The molecule has 4 rings (SSSR count). The minimum Gasteiger partial charge on any atom is -0.471 e. The number of aromatic nitrogens is 2. The first-order chi connectivity index (χ1) is 15.0. The zero-order valence-electron chi connectivity index (χ0n) is 17.4. The number of hydrogen-bond donors (Lipinski definition) is 0. The average Bonchev–Trinajstić information content (AvgIpc) is 3.15. The van der Waals surface area contributed by atoms with Gasteiger partial charge in [0, 0.05) is 19.3 Å². The van der Waals surface area contributed by atoms with E-state index < -0.39 is 0 Å². The van der Waals surface area contributed by atoms with Crippen molar-refractivity contribution in [1.29, 1.82) is 0 Å². The fourth-order valence-electron chi connectivity index (χ4n) is 3.72. The summed E-state index contributed by atoms with van der Waals surface area (Å²) in [4.78, 5) is 15.0. The standard InChI is InChI=1S/C24H25F2N3O2/c1-17-8-10-28(11-9-17)24(30)22-15-29(14-18-4-2-6-20(25)12-18)27-23(22)31-16-19-5-3-7-21(26)13-19/h2-7,12-13,15,17H,8-11,14,16H2,1H3. The summed E-state index contributed by atoms with van der Waals surface area (Å²) in [5.74, 6) is -0.0122. The first kappa shape index (κ1) is 21.0. The number of hydrogen-bond acceptors (Lipinski definition) is 3. The summed E-state index contributed by atoms with van der Waals surface area (Å²) in [6.45, 7) is 3.97. The van der Waals surface area contributed by atoms with Gasteiger partial charge >= 0.3 is 0 Å². The van der Waals surface area contributed by atoms with Gasteiger partial charge in [-0.15, -0.1) is 5.10 Å². The van der Waals surface area contributed by atoms with Crippen molar-refractivity contribution in [2.45, 2.75) is 32.9 Å². The summed E-state index contributed by atoms with van der Waals surface area (Å²) < 4.78 is 34.5. The molecule has 0 unspecified atom stereocenters. The van der Waals surface area contributed by atoms with Gasteiger partial charge in [0.15, 0.2) is 0 Å². The summed E-state index contributed by atoms with van der Waals surface area (Å²) in [6, 6.07) is 12.4. The number of amides is 1. The Hall–Kier alpha value is -3.22. The molecule has 0 aliphatic carbocycles. The summed E-state index contributed by atoms with van der Waals surface area (Å²) in [6.07, 6.45) is 3.57. The van der Waals surface area contributed by atoms with Crippen LogP contribution in [0.2, 0.25) is 0 Å². The van der Waals surface area contributed by atoms with E-state index in [1.165, 1.54) is 24.3 Å². The van der Waals surface area contributed by atoms with Gasteiger partial charge in [0.05, 0.1) is 6.54 Å². The predicted octanol–water partition coefficient (Wildman–Crippen LogP) is 4.66. The van der Waals surface area contributed by atoms with Gasteiger partial charge in [0.25, 0.3) is 5.91 Å². The molecule has 1 aromatic heterocycles. The van der Waals surface area contributed by atoms with Crippen LogP contribution in [0.15, 0.2) is 54.7 Å². The van der Waals surface area contributed by atoms with Gasteiger partial charge < -0.3 is 9.64 Å². The number of halogens is 2. The Bertz CT molecular complexity index is 1060. The molecule has 2 heterocycles. The number of carbonyl (C=O) groups excluding carboxylic acids is 1. The third-order valence-corrected chi connectivity index (χ3v) is 5.53. The maximum Gasteiger partial charge on any atom is 0.260 e. The third-order valence-electron chi connectivity index (χ3n) is 5.53. The van der Waals surface area contributed by atoms with E-state index in [2.05, 4.69) is 12.0 Å². The van der Waals surface area contributed by atoms with Crippen molar-refractivity contribution in [3.05, 3.63) is 83.1 Å². The minimum atomic E-state index is -0.350. The number of likely N-dealkylation sites (tertiary alicyclic amines) is 1. The van der Waals surface area contributed by atoms with Crippen molar-refractivity contribution in [3.63, 3.8) is 0 Å². The number of piperidine rings is 1. The maximum absolute atomic E-state index is 13.6. The van der Waals surface area contributed by atoms with Gasteiger partial charge in [-0.1, -0.05) is 31.2 Å². The lowest BCUT2D eigenvalue weighted by Crippen LogP contribution is -2.37. The van der Waals surface area contributed by atoms with E-state index in [-0.39, 0.29) is 30.0 Å². The second kappa shape index (κ2) is 9.29. The molecule has 162 valence electrons. The predicted molar refractivity (Wildman–Crippen MR) is 113 cm³/mol. The number of rotatable bonds is 6. The van der Waals surface area contributed by atoms with Crippen LogP contribution in [0, 0.1) is 17.6 Å². The monoisotopic (exact) mass is 425 g/mol. The largest absolute Gasteiger partial charge is 0.471 e. The van der Waals surface area contributed by atoms with Gasteiger partial charge in [-0.3, -0.25) is 9.48 Å². The molecule has 0 N–H and O–H groups in total. The van der Waals surface area contributed by atoms with Gasteiger partial charge in [-0.05, 0) is 54.2 Å². The molecule has 5 nitrogen and oxygen atoms in total. The lowest BCUT2D eigenvalue weighted by molar-refractivity contribution is 0.0692. The average molecular weight is 425 g/mol. The zero-order valence-corrected chi connectivity index (χ0v) is 17.4. The Morgan fingerprint density at radius 3 is 2.39 bits per heavy atom. The molecule has 31 heavy (non-hydrogen) atoms. The van der Waals surface area contributed by atoms with Crippen LogP contribution in [0.4, 0.5) is 8.78 Å². The molecule has 1 amide bonds. The number of benzene rings is 2. The van der Waals surface area contributed by atoms with Crippen LogP contribution in [0.5, 0.6) is 5.88 Å². The van der Waals surface area contributed by atoms with E-state index in [0.717, 1.165) is 18.4 Å². The first-order valence-electron chi connectivity index (χ1n) is 10.5. The highest BCUT2D eigenvalue weighted by molar-refractivity contribution is 5.96. The summed E-state index contributed by atoms with van der Waals surface area (Å²) in [5.41, 5.74) is 1.73. The van der Waals surface area contributed by atoms with Crippen LogP contribution in [0.1, 0.15) is 41.3 Å². The molecular formula is C24H25F2N3O2. The van der Waals surface area contributed by atoms with Crippen LogP contribution in [0.3, 0.4) is 0 Å². The third kappa shape index (κ3) is 5.29. The number of ether oxygens (including phenoxy) is 1. The van der Waals surface area contributed by atoms with E-state index in [4.69, 9.17) is 4.74 Å². The topological polar surface area (TPSA) is 47.4 Å². The van der Waals surface area contributed by atoms with E-state index in [0.29, 0.717) is 36.7 Å². The highest BCUT2D eigenvalue weighted by atomic mass is 19.1. The SMILES string of the molecule is CC1CCN(C(=O)c2cn(Cc3cccc(F)c3)nc2OCc2cccc(F)c2)CC1. The lowest BCUT2D eigenvalue weighted by Gasteiger charge is -2.30. The Balaban J connectivity index is 1.57. The molecule has 1 fully saturated rings. The van der Waals surface area contributed by atoms with Crippen molar-refractivity contribution in [2.75, 3.05) is 13.1 Å². The summed E-state index contributed by atoms with van der Waals surface area (Å²) in [5, 5.41) is 4.43. The lowest BCUT2D eigenvalue weighted by atomic mass is 9.99. The van der Waals surface area contributed by atoms with Gasteiger partial charge in [-0.25, -0.2) is 8.78 Å². The fraction of sp³-hybridized carbons (Fsp3) is 0.333. The Labute approximate surface area is 180 Å². The maximum atomic E-state index is 13.6. The van der Waals surface area contributed by atoms with Crippen LogP contribution >= 0.6 is 0 Å². The van der Waals surface area contributed by atoms with Crippen molar-refractivity contribution in [3.8, 4) is 5.88 Å². The van der Waals surface area contributed by atoms with Gasteiger partial charge in [0.1, 0.15) is 23.8 Å². The molecule has 0 atom stereocenters. The minimum absolute atomic E-state index is 0.0893. The molecule has 1 aliphatic rings. The van der Waals surface area contributed by atoms with E-state index in [9.17, 15) is 13.6 Å². The van der Waals surface area contributed by atoms with Crippen molar-refractivity contribution >= 4 is 5.91 Å². The molecule has 0 radical (unpaired) electrons. The quantitative estimate of drug-likeness (QED) is 0.577.